The minimum absolute atomic E-state index is 0.187. The smallest absolute Gasteiger partial charge is 0.312 e. The molecule has 1 heterocycles. The van der Waals surface area contributed by atoms with E-state index in [0.717, 1.165) is 11.3 Å². The Morgan fingerprint density at radius 3 is 2.67 bits per heavy atom. The molecule has 2 N–H and O–H groups in total. The van der Waals surface area contributed by atoms with E-state index in [1.165, 1.54) is 0 Å². The molecule has 0 fully saturated rings. The molecule has 0 spiro atoms. The summed E-state index contributed by atoms with van der Waals surface area (Å²) in [7, 11) is 0. The molecular weight excluding hydrogens is 116 g/mol. The largest absolute Gasteiger partial charge is 0.323 e. The van der Waals surface area contributed by atoms with Crippen molar-refractivity contribution in [2.75, 3.05) is 0 Å². The first-order valence-electron chi connectivity index (χ1n) is 2.64. The second-order valence-electron chi connectivity index (χ2n) is 1.94. The Hall–Kier alpha value is -1.25. The van der Waals surface area contributed by atoms with Crippen LogP contribution in [0.1, 0.15) is 12.6 Å². The zero-order valence-corrected chi connectivity index (χ0v) is 5.19. The summed E-state index contributed by atoms with van der Waals surface area (Å²) < 4.78 is 0. The summed E-state index contributed by atoms with van der Waals surface area (Å²) in [4.78, 5) is 15.5. The van der Waals surface area contributed by atoms with Crippen LogP contribution in [0.5, 0.6) is 0 Å². The zero-order valence-electron chi connectivity index (χ0n) is 5.19. The quantitative estimate of drug-likeness (QED) is 0.569. The normalized spacial score (nSPS) is 9.44. The fourth-order valence-corrected chi connectivity index (χ4v) is 0.562. The molecule has 1 aromatic rings. The highest BCUT2D eigenvalue weighted by Gasteiger charge is 1.92. The van der Waals surface area contributed by atoms with Crippen LogP contribution >= 0.6 is 0 Å². The van der Waals surface area contributed by atoms with Gasteiger partial charge in [-0.3, -0.25) is 0 Å². The molecule has 0 aliphatic heterocycles. The van der Waals surface area contributed by atoms with E-state index in [9.17, 15) is 4.79 Å². The van der Waals surface area contributed by atoms with Crippen LogP contribution < -0.4 is 5.69 Å². The summed E-state index contributed by atoms with van der Waals surface area (Å²) in [6, 6.07) is 0. The molecule has 0 unspecified atom stereocenters. The third-order valence-corrected chi connectivity index (χ3v) is 1.06. The van der Waals surface area contributed by atoms with Gasteiger partial charge in [-0.25, -0.2) is 4.79 Å². The average Bonchev–Trinajstić information content (AvgIpc) is 2.14. The van der Waals surface area contributed by atoms with Crippen LogP contribution in [0.3, 0.4) is 0 Å². The number of rotatable bonds is 1. The summed E-state index contributed by atoms with van der Waals surface area (Å²) in [6.45, 7) is 5.48. The molecule has 9 heavy (non-hydrogen) atoms. The summed E-state index contributed by atoms with van der Waals surface area (Å²) in [6.07, 6.45) is 1.60. The van der Waals surface area contributed by atoms with E-state index in [2.05, 4.69) is 16.5 Å². The highest BCUT2D eigenvalue weighted by atomic mass is 16.1. The molecule has 48 valence electrons. The Balaban J connectivity index is 3.12. The molecular formula is C6H8N2O. The van der Waals surface area contributed by atoms with Crippen LogP contribution in [0, 0.1) is 0 Å². The van der Waals surface area contributed by atoms with Crippen molar-refractivity contribution >= 4 is 5.57 Å². The minimum atomic E-state index is -0.187. The summed E-state index contributed by atoms with van der Waals surface area (Å²) >= 11 is 0. The van der Waals surface area contributed by atoms with Crippen molar-refractivity contribution < 1.29 is 0 Å². The number of hydrogen-bond acceptors (Lipinski definition) is 1. The van der Waals surface area contributed by atoms with Crippen molar-refractivity contribution in [3.05, 3.63) is 29.0 Å². The number of imidazole rings is 1. The number of allylic oxidation sites excluding steroid dienone is 1. The van der Waals surface area contributed by atoms with Gasteiger partial charge in [0.05, 0.1) is 5.69 Å². The van der Waals surface area contributed by atoms with Crippen LogP contribution in [-0.2, 0) is 0 Å². The molecule has 0 amide bonds. The minimum Gasteiger partial charge on any atom is -0.312 e. The SMILES string of the molecule is C=C(C)c1c[nH]c(=O)[nH]1. The van der Waals surface area contributed by atoms with Crippen molar-refractivity contribution in [1.82, 2.24) is 9.97 Å². The van der Waals surface area contributed by atoms with Gasteiger partial charge in [0.2, 0.25) is 0 Å². The topological polar surface area (TPSA) is 48.6 Å². The van der Waals surface area contributed by atoms with Gasteiger partial charge in [0, 0.05) is 6.20 Å². The lowest BCUT2D eigenvalue weighted by atomic mass is 10.3. The second kappa shape index (κ2) is 1.93. The lowest BCUT2D eigenvalue weighted by molar-refractivity contribution is 1.18. The van der Waals surface area contributed by atoms with Gasteiger partial charge in [-0.1, -0.05) is 6.58 Å². The Labute approximate surface area is 52.4 Å². The van der Waals surface area contributed by atoms with Crippen LogP contribution in [0.2, 0.25) is 0 Å². The van der Waals surface area contributed by atoms with E-state index in [0.29, 0.717) is 0 Å². The molecule has 1 aromatic heterocycles. The monoisotopic (exact) mass is 124 g/mol. The van der Waals surface area contributed by atoms with Crippen LogP contribution in [-0.4, -0.2) is 9.97 Å². The predicted octanol–water partition coefficient (Wildman–Crippen LogP) is 0.736. The molecule has 0 aromatic carbocycles. The fraction of sp³-hybridized carbons (Fsp3) is 0.167. The van der Waals surface area contributed by atoms with Gasteiger partial charge < -0.3 is 9.97 Å². The highest BCUT2D eigenvalue weighted by Crippen LogP contribution is 2.01. The molecule has 0 radical (unpaired) electrons. The lowest BCUT2D eigenvalue weighted by Crippen LogP contribution is -2.00. The maximum Gasteiger partial charge on any atom is 0.323 e. The van der Waals surface area contributed by atoms with Crippen molar-refractivity contribution in [1.29, 1.82) is 0 Å². The van der Waals surface area contributed by atoms with Gasteiger partial charge in [-0.05, 0) is 12.5 Å². The number of H-pyrrole nitrogens is 2. The van der Waals surface area contributed by atoms with E-state index >= 15 is 0 Å². The van der Waals surface area contributed by atoms with Gasteiger partial charge >= 0.3 is 5.69 Å². The van der Waals surface area contributed by atoms with E-state index in [-0.39, 0.29) is 5.69 Å². The first-order chi connectivity index (χ1) is 4.20. The summed E-state index contributed by atoms with van der Waals surface area (Å²) in [5.74, 6) is 0. The molecule has 0 bridgehead atoms. The van der Waals surface area contributed by atoms with Gasteiger partial charge in [0.1, 0.15) is 0 Å². The second-order valence-corrected chi connectivity index (χ2v) is 1.94. The maximum absolute atomic E-state index is 10.4. The predicted molar refractivity (Wildman–Crippen MR) is 36.1 cm³/mol. The van der Waals surface area contributed by atoms with Gasteiger partial charge in [0.15, 0.2) is 0 Å². The lowest BCUT2D eigenvalue weighted by Gasteiger charge is -1.86. The molecule has 0 aliphatic carbocycles. The van der Waals surface area contributed by atoms with E-state index < -0.39 is 0 Å². The van der Waals surface area contributed by atoms with E-state index in [4.69, 9.17) is 0 Å². The molecule has 1 rings (SSSR count). The Morgan fingerprint density at radius 2 is 2.44 bits per heavy atom. The molecule has 0 aliphatic rings. The van der Waals surface area contributed by atoms with E-state index in [1.54, 1.807) is 6.20 Å². The average molecular weight is 124 g/mol. The Morgan fingerprint density at radius 1 is 1.78 bits per heavy atom. The molecule has 3 heteroatoms. The number of aromatic nitrogens is 2. The third-order valence-electron chi connectivity index (χ3n) is 1.06. The van der Waals surface area contributed by atoms with Crippen molar-refractivity contribution in [3.8, 4) is 0 Å². The Kier molecular flexibility index (Phi) is 1.26. The van der Waals surface area contributed by atoms with Crippen LogP contribution in [0.4, 0.5) is 0 Å². The number of hydrogen-bond donors (Lipinski definition) is 2. The van der Waals surface area contributed by atoms with Crippen LogP contribution in [0.25, 0.3) is 5.57 Å². The van der Waals surface area contributed by atoms with Crippen molar-refractivity contribution in [2.45, 2.75) is 6.92 Å². The summed E-state index contributed by atoms with van der Waals surface area (Å²) in [5, 5.41) is 0. The number of nitrogens with one attached hydrogen (secondary N) is 2. The highest BCUT2D eigenvalue weighted by molar-refractivity contribution is 5.56. The molecule has 3 nitrogen and oxygen atoms in total. The van der Waals surface area contributed by atoms with Gasteiger partial charge in [0.25, 0.3) is 0 Å². The first kappa shape index (κ1) is 5.88. The summed E-state index contributed by atoms with van der Waals surface area (Å²) in [5.41, 5.74) is 1.43. The maximum atomic E-state index is 10.4. The van der Waals surface area contributed by atoms with Gasteiger partial charge in [-0.2, -0.15) is 0 Å². The van der Waals surface area contributed by atoms with Crippen molar-refractivity contribution in [3.63, 3.8) is 0 Å². The molecule has 0 atom stereocenters. The number of aromatic amines is 2. The van der Waals surface area contributed by atoms with Crippen molar-refractivity contribution in [2.24, 2.45) is 0 Å². The Bertz CT molecular complexity index is 269. The standard InChI is InChI=1S/C6H8N2O/c1-4(2)5-3-7-6(9)8-5/h3H,1H2,2H3,(H2,7,8,9). The van der Waals surface area contributed by atoms with Crippen LogP contribution in [0.15, 0.2) is 17.6 Å². The fourth-order valence-electron chi connectivity index (χ4n) is 0.562. The van der Waals surface area contributed by atoms with E-state index in [1.807, 2.05) is 6.92 Å². The zero-order chi connectivity index (χ0) is 6.85. The molecule has 0 saturated heterocycles. The first-order valence-corrected chi connectivity index (χ1v) is 2.64. The van der Waals surface area contributed by atoms with Gasteiger partial charge in [-0.15, -0.1) is 0 Å². The molecule has 0 saturated carbocycles. The third kappa shape index (κ3) is 1.10.